The second kappa shape index (κ2) is 5.71. The Labute approximate surface area is 112 Å². The van der Waals surface area contributed by atoms with Gasteiger partial charge in [-0.1, -0.05) is 0 Å². The number of thiophene rings is 1. The fourth-order valence-corrected chi connectivity index (χ4v) is 2.91. The van der Waals surface area contributed by atoms with Crippen molar-refractivity contribution < 1.29 is 9.53 Å². The number of ether oxygens (including phenoxy) is 1. The fraction of sp³-hybridized carbons (Fsp3) is 0.615. The van der Waals surface area contributed by atoms with E-state index in [-0.39, 0.29) is 18.2 Å². The molecule has 2 heterocycles. The Balaban J connectivity index is 1.90. The molecule has 2 atom stereocenters. The molecule has 1 saturated heterocycles. The number of morpholine rings is 1. The van der Waals surface area contributed by atoms with Crippen molar-refractivity contribution in [1.82, 2.24) is 10.2 Å². The lowest BCUT2D eigenvalue weighted by Gasteiger charge is -2.37. The summed E-state index contributed by atoms with van der Waals surface area (Å²) in [6.07, 6.45) is 0.105. The summed E-state index contributed by atoms with van der Waals surface area (Å²) >= 11 is 1.68. The third kappa shape index (κ3) is 2.84. The van der Waals surface area contributed by atoms with Crippen molar-refractivity contribution in [2.75, 3.05) is 13.2 Å². The number of hydrogen-bond acceptors (Lipinski definition) is 3. The van der Waals surface area contributed by atoms with Crippen molar-refractivity contribution in [2.45, 2.75) is 39.5 Å². The summed E-state index contributed by atoms with van der Waals surface area (Å²) in [6, 6.07) is 2.21. The van der Waals surface area contributed by atoms with Gasteiger partial charge in [0.15, 0.2) is 0 Å². The van der Waals surface area contributed by atoms with Crippen LogP contribution in [0.5, 0.6) is 0 Å². The van der Waals surface area contributed by atoms with E-state index in [2.05, 4.69) is 23.7 Å². The van der Waals surface area contributed by atoms with Crippen molar-refractivity contribution in [2.24, 2.45) is 0 Å². The first-order chi connectivity index (χ1) is 8.59. The zero-order chi connectivity index (χ0) is 13.1. The summed E-state index contributed by atoms with van der Waals surface area (Å²) in [4.78, 5) is 15.2. The Morgan fingerprint density at radius 2 is 2.39 bits per heavy atom. The molecule has 2 amide bonds. The maximum absolute atomic E-state index is 12.1. The predicted octanol–water partition coefficient (Wildman–Crippen LogP) is 2.38. The van der Waals surface area contributed by atoms with Gasteiger partial charge < -0.3 is 15.0 Å². The molecule has 1 fully saturated rings. The number of urea groups is 1. The highest BCUT2D eigenvalue weighted by Crippen LogP contribution is 2.16. The lowest BCUT2D eigenvalue weighted by molar-refractivity contribution is -0.0376. The zero-order valence-electron chi connectivity index (χ0n) is 11.1. The van der Waals surface area contributed by atoms with Crippen LogP contribution < -0.4 is 5.32 Å². The van der Waals surface area contributed by atoms with Crippen molar-refractivity contribution in [3.05, 3.63) is 21.9 Å². The van der Waals surface area contributed by atoms with Crippen molar-refractivity contribution in [3.63, 3.8) is 0 Å². The molecule has 100 valence electrons. The van der Waals surface area contributed by atoms with E-state index in [9.17, 15) is 4.79 Å². The second-order valence-corrected chi connectivity index (χ2v) is 5.70. The highest BCUT2D eigenvalue weighted by Gasteiger charge is 2.28. The zero-order valence-corrected chi connectivity index (χ0v) is 11.9. The van der Waals surface area contributed by atoms with Crippen LogP contribution in [-0.2, 0) is 11.3 Å². The molecule has 0 aliphatic carbocycles. The number of amides is 2. The minimum Gasteiger partial charge on any atom is -0.375 e. The van der Waals surface area contributed by atoms with E-state index in [4.69, 9.17) is 4.74 Å². The molecule has 0 bridgehead atoms. The Hall–Kier alpha value is -1.07. The Morgan fingerprint density at radius 3 is 3.06 bits per heavy atom. The first-order valence-electron chi connectivity index (χ1n) is 6.28. The number of aryl methyl sites for hydroxylation is 1. The van der Waals surface area contributed by atoms with E-state index in [1.54, 1.807) is 11.3 Å². The van der Waals surface area contributed by atoms with Crippen LogP contribution >= 0.6 is 11.3 Å². The molecule has 0 aromatic carbocycles. The molecule has 1 aliphatic rings. The van der Waals surface area contributed by atoms with E-state index in [0.29, 0.717) is 19.7 Å². The Morgan fingerprint density at radius 1 is 1.61 bits per heavy atom. The molecule has 4 nitrogen and oxygen atoms in total. The van der Waals surface area contributed by atoms with Gasteiger partial charge in [0.25, 0.3) is 0 Å². The number of carbonyl (C=O) groups excluding carboxylic acids is 1. The van der Waals surface area contributed by atoms with Crippen LogP contribution in [0.2, 0.25) is 0 Å². The summed E-state index contributed by atoms with van der Waals surface area (Å²) in [5, 5.41) is 5.04. The number of nitrogens with one attached hydrogen (secondary N) is 1. The third-order valence-electron chi connectivity index (χ3n) is 3.51. The van der Waals surface area contributed by atoms with E-state index >= 15 is 0 Å². The van der Waals surface area contributed by atoms with E-state index in [1.807, 2.05) is 18.7 Å². The molecule has 1 aliphatic heterocycles. The predicted molar refractivity (Wildman–Crippen MR) is 72.9 cm³/mol. The van der Waals surface area contributed by atoms with Gasteiger partial charge in [-0.15, -0.1) is 11.3 Å². The van der Waals surface area contributed by atoms with Crippen LogP contribution in [-0.4, -0.2) is 36.2 Å². The number of nitrogens with zero attached hydrogens (tertiary/aromatic N) is 1. The molecular weight excluding hydrogens is 248 g/mol. The van der Waals surface area contributed by atoms with E-state index < -0.39 is 0 Å². The minimum absolute atomic E-state index is 0.00505. The maximum Gasteiger partial charge on any atom is 0.318 e. The van der Waals surface area contributed by atoms with Gasteiger partial charge in [0, 0.05) is 11.4 Å². The molecule has 1 N–H and O–H groups in total. The first kappa shape index (κ1) is 13.4. The average Bonchev–Trinajstić information content (AvgIpc) is 2.75. The minimum atomic E-state index is 0.00505. The lowest BCUT2D eigenvalue weighted by atomic mass is 10.1. The van der Waals surface area contributed by atoms with Crippen LogP contribution in [0.4, 0.5) is 4.79 Å². The van der Waals surface area contributed by atoms with Gasteiger partial charge in [-0.3, -0.25) is 0 Å². The number of hydrogen-bond donors (Lipinski definition) is 1. The standard InChI is InChI=1S/C13H20N2O2S/c1-9-4-7-18-12(9)8-14-13(16)15-5-6-17-11(3)10(15)2/h4,7,10-11H,5-6,8H2,1-3H3,(H,14,16). The number of rotatable bonds is 2. The van der Waals surface area contributed by atoms with Gasteiger partial charge in [-0.05, 0) is 37.8 Å². The molecular formula is C13H20N2O2S. The number of carbonyl (C=O) groups is 1. The lowest BCUT2D eigenvalue weighted by Crippen LogP contribution is -2.54. The van der Waals surface area contributed by atoms with Gasteiger partial charge in [0.05, 0.1) is 25.3 Å². The first-order valence-corrected chi connectivity index (χ1v) is 7.16. The van der Waals surface area contributed by atoms with Gasteiger partial charge in [0.1, 0.15) is 0 Å². The summed E-state index contributed by atoms with van der Waals surface area (Å²) in [5.74, 6) is 0. The highest BCUT2D eigenvalue weighted by atomic mass is 32.1. The molecule has 2 unspecified atom stereocenters. The fourth-order valence-electron chi connectivity index (χ4n) is 2.06. The summed E-state index contributed by atoms with van der Waals surface area (Å²) in [5.41, 5.74) is 1.24. The van der Waals surface area contributed by atoms with Crippen molar-refractivity contribution >= 4 is 17.4 Å². The quantitative estimate of drug-likeness (QED) is 0.894. The highest BCUT2D eigenvalue weighted by molar-refractivity contribution is 7.10. The normalized spacial score (nSPS) is 24.1. The average molecular weight is 268 g/mol. The van der Waals surface area contributed by atoms with E-state index in [0.717, 1.165) is 0 Å². The van der Waals surface area contributed by atoms with Crippen LogP contribution in [0.3, 0.4) is 0 Å². The molecule has 18 heavy (non-hydrogen) atoms. The molecule has 0 radical (unpaired) electrons. The van der Waals surface area contributed by atoms with Crippen LogP contribution in [0, 0.1) is 6.92 Å². The Bertz CT molecular complexity index is 419. The summed E-state index contributed by atoms with van der Waals surface area (Å²) in [6.45, 7) is 8.00. The largest absolute Gasteiger partial charge is 0.375 e. The molecule has 1 aromatic rings. The van der Waals surface area contributed by atoms with Gasteiger partial charge in [0.2, 0.25) is 0 Å². The Kier molecular flexibility index (Phi) is 4.24. The van der Waals surface area contributed by atoms with E-state index in [1.165, 1.54) is 10.4 Å². The smallest absolute Gasteiger partial charge is 0.318 e. The van der Waals surface area contributed by atoms with Crippen LogP contribution in [0.1, 0.15) is 24.3 Å². The SMILES string of the molecule is Cc1ccsc1CNC(=O)N1CCOC(C)C1C. The van der Waals surface area contributed by atoms with Crippen molar-refractivity contribution in [3.8, 4) is 0 Å². The van der Waals surface area contributed by atoms with Gasteiger partial charge in [-0.25, -0.2) is 4.79 Å². The molecule has 5 heteroatoms. The van der Waals surface area contributed by atoms with Gasteiger partial charge in [-0.2, -0.15) is 0 Å². The maximum atomic E-state index is 12.1. The van der Waals surface area contributed by atoms with Crippen LogP contribution in [0.25, 0.3) is 0 Å². The molecule has 2 rings (SSSR count). The van der Waals surface area contributed by atoms with Gasteiger partial charge >= 0.3 is 6.03 Å². The van der Waals surface area contributed by atoms with Crippen LogP contribution in [0.15, 0.2) is 11.4 Å². The molecule has 1 aromatic heterocycles. The summed E-state index contributed by atoms with van der Waals surface area (Å²) < 4.78 is 5.52. The van der Waals surface area contributed by atoms with Crippen molar-refractivity contribution in [1.29, 1.82) is 0 Å². The molecule has 0 saturated carbocycles. The topological polar surface area (TPSA) is 41.6 Å². The monoisotopic (exact) mass is 268 g/mol. The summed E-state index contributed by atoms with van der Waals surface area (Å²) in [7, 11) is 0. The second-order valence-electron chi connectivity index (χ2n) is 4.70. The molecule has 0 spiro atoms. The third-order valence-corrected chi connectivity index (χ3v) is 4.54.